The van der Waals surface area contributed by atoms with Crippen molar-refractivity contribution in [2.75, 3.05) is 38.1 Å². The molecule has 1 atom stereocenters. The summed E-state index contributed by atoms with van der Waals surface area (Å²) in [6.45, 7) is 4.51. The normalized spacial score (nSPS) is 22.3. The van der Waals surface area contributed by atoms with Crippen molar-refractivity contribution >= 4 is 23.0 Å². The maximum Gasteiger partial charge on any atom is 0.207 e. The number of nitriles is 1. The van der Waals surface area contributed by atoms with Gasteiger partial charge in [0.25, 0.3) is 0 Å². The van der Waals surface area contributed by atoms with Crippen LogP contribution in [0.25, 0.3) is 10.9 Å². The molecule has 1 aromatic heterocycles. The van der Waals surface area contributed by atoms with Gasteiger partial charge in [-0.2, -0.15) is 5.26 Å². The van der Waals surface area contributed by atoms with E-state index in [4.69, 9.17) is 0 Å². The molecule has 5 rings (SSSR count). The van der Waals surface area contributed by atoms with Gasteiger partial charge >= 0.3 is 0 Å². The number of benzene rings is 1. The molecule has 158 valence electrons. The fourth-order valence-corrected chi connectivity index (χ4v) is 4.75. The molecule has 1 aliphatic carbocycles. The molecular weight excluding hydrogens is 374 g/mol. The molecule has 1 saturated carbocycles. The third-order valence-corrected chi connectivity index (χ3v) is 6.74. The summed E-state index contributed by atoms with van der Waals surface area (Å²) in [7, 11) is 2.11. The number of hydrogen-bond donors (Lipinski definition) is 1. The van der Waals surface area contributed by atoms with Crippen molar-refractivity contribution in [1.29, 1.82) is 5.26 Å². The number of amides is 1. The van der Waals surface area contributed by atoms with E-state index in [1.54, 1.807) is 6.20 Å². The molecule has 6 heteroatoms. The first-order valence-corrected chi connectivity index (χ1v) is 11.1. The summed E-state index contributed by atoms with van der Waals surface area (Å²) in [4.78, 5) is 19.2. The minimum atomic E-state index is 0.425. The van der Waals surface area contributed by atoms with Crippen LogP contribution in [0, 0.1) is 23.2 Å². The van der Waals surface area contributed by atoms with Crippen molar-refractivity contribution in [3.63, 3.8) is 0 Å². The number of aromatic nitrogens is 1. The van der Waals surface area contributed by atoms with Crippen LogP contribution in [0.2, 0.25) is 0 Å². The van der Waals surface area contributed by atoms with Crippen molar-refractivity contribution in [3.8, 4) is 6.07 Å². The zero-order chi connectivity index (χ0) is 20.9. The lowest BCUT2D eigenvalue weighted by Gasteiger charge is -2.28. The molecule has 3 fully saturated rings. The van der Waals surface area contributed by atoms with Gasteiger partial charge in [-0.3, -0.25) is 9.78 Å². The standard InChI is InChI=1S/C17H17N3.C7H14N2O/c18-10-13-5-6-16(15-2-1-8-19-17(13)15)20-9-7-14(11-20)12-3-4-12;1-9-4-2-7(3-5-9)8-6-10/h1-2,5-6,8,12,14H,3-4,7,9,11H2;6-7H,2-5H2,1H3,(H,8,10). The van der Waals surface area contributed by atoms with E-state index in [-0.39, 0.29) is 0 Å². The van der Waals surface area contributed by atoms with Crippen LogP contribution in [0.5, 0.6) is 0 Å². The monoisotopic (exact) mass is 405 g/mol. The molecule has 3 aliphatic rings. The van der Waals surface area contributed by atoms with E-state index in [2.05, 4.69) is 45.4 Å². The molecule has 3 heterocycles. The predicted octanol–water partition coefficient (Wildman–Crippen LogP) is 3.17. The van der Waals surface area contributed by atoms with Crippen LogP contribution in [0.1, 0.15) is 37.7 Å². The van der Waals surface area contributed by atoms with Gasteiger partial charge in [-0.15, -0.1) is 0 Å². The van der Waals surface area contributed by atoms with Gasteiger partial charge in [0, 0.05) is 36.4 Å². The minimum Gasteiger partial charge on any atom is -0.371 e. The Morgan fingerprint density at radius 2 is 1.90 bits per heavy atom. The molecular formula is C24H31N5O. The van der Waals surface area contributed by atoms with Crippen molar-refractivity contribution in [2.45, 2.75) is 38.1 Å². The summed E-state index contributed by atoms with van der Waals surface area (Å²) in [5.74, 6) is 1.85. The van der Waals surface area contributed by atoms with E-state index in [9.17, 15) is 10.1 Å². The fourth-order valence-electron chi connectivity index (χ4n) is 4.75. The molecule has 2 aliphatic heterocycles. The highest BCUT2D eigenvalue weighted by Gasteiger charge is 2.36. The highest BCUT2D eigenvalue weighted by molar-refractivity contribution is 5.95. The van der Waals surface area contributed by atoms with Gasteiger partial charge in [0.1, 0.15) is 6.07 Å². The number of hydrogen-bond acceptors (Lipinski definition) is 5. The molecule has 1 unspecified atom stereocenters. The number of fused-ring (bicyclic) bond motifs is 1. The number of rotatable bonds is 4. The van der Waals surface area contributed by atoms with Gasteiger partial charge in [-0.25, -0.2) is 0 Å². The van der Waals surface area contributed by atoms with E-state index in [1.807, 2.05) is 12.1 Å². The lowest BCUT2D eigenvalue weighted by atomic mass is 10.0. The first kappa shape index (κ1) is 20.6. The Morgan fingerprint density at radius 1 is 1.10 bits per heavy atom. The highest BCUT2D eigenvalue weighted by Crippen LogP contribution is 2.43. The highest BCUT2D eigenvalue weighted by atomic mass is 16.1. The van der Waals surface area contributed by atoms with Gasteiger partial charge < -0.3 is 15.1 Å². The SMILES string of the molecule is CN1CCC(NC=O)CC1.N#Cc1ccc(N2CCC(C3CC3)C2)c2cccnc12. The predicted molar refractivity (Wildman–Crippen MR) is 119 cm³/mol. The topological polar surface area (TPSA) is 72.3 Å². The second-order valence-electron chi connectivity index (χ2n) is 8.84. The maximum atomic E-state index is 10.0. The average Bonchev–Trinajstić information content (AvgIpc) is 3.52. The summed E-state index contributed by atoms with van der Waals surface area (Å²) in [6, 6.07) is 10.7. The Balaban J connectivity index is 0.000000185. The Kier molecular flexibility index (Phi) is 6.49. The van der Waals surface area contributed by atoms with Crippen LogP contribution in [-0.2, 0) is 4.79 Å². The molecule has 0 spiro atoms. The van der Waals surface area contributed by atoms with Gasteiger partial charge in [0.2, 0.25) is 6.41 Å². The molecule has 2 aromatic rings. The van der Waals surface area contributed by atoms with Crippen molar-refractivity contribution in [2.24, 2.45) is 11.8 Å². The lowest BCUT2D eigenvalue weighted by Crippen LogP contribution is -2.40. The number of piperidine rings is 1. The number of carbonyl (C=O) groups excluding carboxylic acids is 1. The Bertz CT molecular complexity index is 911. The summed E-state index contributed by atoms with van der Waals surface area (Å²) in [5.41, 5.74) is 2.75. The molecule has 6 nitrogen and oxygen atoms in total. The second-order valence-corrected chi connectivity index (χ2v) is 8.84. The third-order valence-electron chi connectivity index (χ3n) is 6.74. The smallest absolute Gasteiger partial charge is 0.207 e. The lowest BCUT2D eigenvalue weighted by molar-refractivity contribution is -0.110. The van der Waals surface area contributed by atoms with E-state index in [0.29, 0.717) is 11.6 Å². The van der Waals surface area contributed by atoms with Crippen LogP contribution >= 0.6 is 0 Å². The van der Waals surface area contributed by atoms with Gasteiger partial charge in [0.15, 0.2) is 0 Å². The third kappa shape index (κ3) is 4.73. The number of nitrogens with one attached hydrogen (secondary N) is 1. The maximum absolute atomic E-state index is 10.0. The molecule has 1 N–H and O–H groups in total. The summed E-state index contributed by atoms with van der Waals surface area (Å²) >= 11 is 0. The van der Waals surface area contributed by atoms with E-state index >= 15 is 0 Å². The van der Waals surface area contributed by atoms with E-state index < -0.39 is 0 Å². The molecule has 0 radical (unpaired) electrons. The molecule has 2 saturated heterocycles. The van der Waals surface area contributed by atoms with Crippen LogP contribution in [0.15, 0.2) is 30.5 Å². The summed E-state index contributed by atoms with van der Waals surface area (Å²) in [5, 5.41) is 13.1. The zero-order valence-corrected chi connectivity index (χ0v) is 17.8. The summed E-state index contributed by atoms with van der Waals surface area (Å²) < 4.78 is 0. The van der Waals surface area contributed by atoms with Crippen molar-refractivity contribution in [1.82, 2.24) is 15.2 Å². The van der Waals surface area contributed by atoms with Crippen LogP contribution in [0.4, 0.5) is 5.69 Å². The first-order chi connectivity index (χ1) is 14.7. The summed E-state index contributed by atoms with van der Waals surface area (Å²) in [6.07, 6.45) is 8.92. The first-order valence-electron chi connectivity index (χ1n) is 11.1. The number of likely N-dealkylation sites (tertiary alicyclic amines) is 1. The second kappa shape index (κ2) is 9.44. The Morgan fingerprint density at radius 3 is 2.60 bits per heavy atom. The van der Waals surface area contributed by atoms with Crippen molar-refractivity contribution in [3.05, 3.63) is 36.0 Å². The average molecular weight is 406 g/mol. The molecule has 30 heavy (non-hydrogen) atoms. The quantitative estimate of drug-likeness (QED) is 0.791. The minimum absolute atomic E-state index is 0.425. The molecule has 0 bridgehead atoms. The Labute approximate surface area is 178 Å². The van der Waals surface area contributed by atoms with Crippen LogP contribution in [-0.4, -0.2) is 55.6 Å². The molecule has 1 amide bonds. The number of carbonyl (C=O) groups is 1. The van der Waals surface area contributed by atoms with Crippen LogP contribution < -0.4 is 10.2 Å². The van der Waals surface area contributed by atoms with Crippen LogP contribution in [0.3, 0.4) is 0 Å². The van der Waals surface area contributed by atoms with Gasteiger partial charge in [-0.05, 0) is 88.3 Å². The largest absolute Gasteiger partial charge is 0.371 e. The van der Waals surface area contributed by atoms with Gasteiger partial charge in [-0.1, -0.05) is 0 Å². The number of pyridine rings is 1. The Hall–Kier alpha value is -2.65. The number of anilines is 1. The van der Waals surface area contributed by atoms with E-state index in [1.165, 1.54) is 31.5 Å². The fraction of sp³-hybridized carbons (Fsp3) is 0.542. The van der Waals surface area contributed by atoms with E-state index in [0.717, 1.165) is 61.6 Å². The molecule has 1 aromatic carbocycles. The van der Waals surface area contributed by atoms with Gasteiger partial charge in [0.05, 0.1) is 11.1 Å². The van der Waals surface area contributed by atoms with Crippen molar-refractivity contribution < 1.29 is 4.79 Å². The number of nitrogens with zero attached hydrogens (tertiary/aromatic N) is 4. The zero-order valence-electron chi connectivity index (χ0n) is 17.8.